The number of carbonyl (C=O) groups is 2. The lowest BCUT2D eigenvalue weighted by Gasteiger charge is -2.00. The van der Waals surface area contributed by atoms with Gasteiger partial charge in [-0.25, -0.2) is 0 Å². The monoisotopic (exact) mass is 474 g/mol. The van der Waals surface area contributed by atoms with Gasteiger partial charge in [-0.15, -0.1) is 13.2 Å². The van der Waals surface area contributed by atoms with Gasteiger partial charge in [-0.1, -0.05) is 121 Å². The van der Waals surface area contributed by atoms with E-state index in [2.05, 4.69) is 13.2 Å². The molecule has 4 rings (SSSR count). The number of hydrogen-bond donors (Lipinski definition) is 2. The highest BCUT2D eigenvalue weighted by molar-refractivity contribution is 5.98. The molecule has 4 nitrogen and oxygen atoms in total. The van der Waals surface area contributed by atoms with E-state index in [9.17, 15) is 9.59 Å². The Labute approximate surface area is 212 Å². The smallest absolute Gasteiger partial charge is 0.249 e. The highest BCUT2D eigenvalue weighted by atomic mass is 16.1. The van der Waals surface area contributed by atoms with Gasteiger partial charge in [0.2, 0.25) is 11.8 Å². The Morgan fingerprint density at radius 1 is 0.472 bits per heavy atom. The van der Waals surface area contributed by atoms with Crippen molar-refractivity contribution >= 4 is 36.1 Å². The first kappa shape index (κ1) is 27.3. The first-order valence-electron chi connectivity index (χ1n) is 11.3. The Bertz CT molecular complexity index is 1210. The number of rotatable bonds is 6. The third-order valence-electron chi connectivity index (χ3n) is 4.96. The van der Waals surface area contributed by atoms with E-state index < -0.39 is 11.8 Å². The summed E-state index contributed by atoms with van der Waals surface area (Å²) in [7, 11) is 0. The van der Waals surface area contributed by atoms with Gasteiger partial charge in [0, 0.05) is 11.1 Å². The fourth-order valence-corrected chi connectivity index (χ4v) is 3.23. The van der Waals surface area contributed by atoms with E-state index in [0.717, 1.165) is 22.3 Å². The average molecular weight is 475 g/mol. The first-order chi connectivity index (χ1) is 17.5. The van der Waals surface area contributed by atoms with Crippen LogP contribution in [0.4, 0.5) is 0 Å². The minimum atomic E-state index is -0.404. The maximum absolute atomic E-state index is 11.2. The molecule has 0 unspecified atom stereocenters. The van der Waals surface area contributed by atoms with Crippen LogP contribution in [0, 0.1) is 0 Å². The molecule has 4 heteroatoms. The summed E-state index contributed by atoms with van der Waals surface area (Å²) in [5, 5.41) is 0. The van der Waals surface area contributed by atoms with Crippen LogP contribution in [0.2, 0.25) is 0 Å². The zero-order chi connectivity index (χ0) is 26.2. The number of carbonyl (C=O) groups excluding carboxylic acids is 2. The van der Waals surface area contributed by atoms with Crippen LogP contribution in [-0.4, -0.2) is 11.8 Å². The van der Waals surface area contributed by atoms with Crippen LogP contribution in [0.1, 0.15) is 43.0 Å². The number of hydrogen-bond acceptors (Lipinski definition) is 2. The van der Waals surface area contributed by atoms with Gasteiger partial charge in [0.15, 0.2) is 0 Å². The summed E-state index contributed by atoms with van der Waals surface area (Å²) < 4.78 is 0. The van der Waals surface area contributed by atoms with Crippen molar-refractivity contribution in [1.29, 1.82) is 0 Å². The van der Waals surface area contributed by atoms with E-state index >= 15 is 0 Å². The van der Waals surface area contributed by atoms with Crippen LogP contribution < -0.4 is 11.5 Å². The van der Waals surface area contributed by atoms with Crippen LogP contribution in [0.5, 0.6) is 0 Å². The van der Waals surface area contributed by atoms with Gasteiger partial charge in [-0.3, -0.25) is 9.59 Å². The maximum atomic E-state index is 11.2. The average Bonchev–Trinajstić information content (AvgIpc) is 2.93. The molecule has 180 valence electrons. The van der Waals surface area contributed by atoms with Crippen molar-refractivity contribution in [3.63, 3.8) is 0 Å². The van der Waals surface area contributed by atoms with Crippen molar-refractivity contribution in [3.05, 3.63) is 156 Å². The third kappa shape index (κ3) is 8.76. The molecule has 0 heterocycles. The van der Waals surface area contributed by atoms with Gasteiger partial charge in [-0.2, -0.15) is 0 Å². The summed E-state index contributed by atoms with van der Waals surface area (Å²) in [5.41, 5.74) is 15.6. The second-order valence-electron chi connectivity index (χ2n) is 7.39. The molecular weight excluding hydrogens is 444 g/mol. The molecule has 0 aliphatic carbocycles. The highest BCUT2D eigenvalue weighted by Crippen LogP contribution is 2.14. The van der Waals surface area contributed by atoms with Gasteiger partial charge in [0.25, 0.3) is 0 Å². The molecule has 0 aliphatic heterocycles. The largest absolute Gasteiger partial charge is 0.366 e. The van der Waals surface area contributed by atoms with E-state index in [4.69, 9.17) is 11.5 Å². The standard InChI is InChI=1S/2C15H13NO.C2H4/c2*16-15(17)14-9-5-4-8-13(14)11-10-12-6-2-1-3-7-12;1-2/h2*1-11H,(H2,16,17);1-2H2. The van der Waals surface area contributed by atoms with Crippen molar-refractivity contribution in [3.8, 4) is 0 Å². The fraction of sp³-hybridized carbons (Fsp3) is 0. The molecular formula is C32H30N2O2. The topological polar surface area (TPSA) is 86.2 Å². The molecule has 0 saturated carbocycles. The predicted octanol–water partition coefficient (Wildman–Crippen LogP) is 6.71. The molecule has 4 N–H and O–H groups in total. The molecule has 0 bridgehead atoms. The minimum absolute atomic E-state index is 0.404. The Kier molecular flexibility index (Phi) is 11.4. The van der Waals surface area contributed by atoms with Crippen LogP contribution in [-0.2, 0) is 0 Å². The summed E-state index contributed by atoms with van der Waals surface area (Å²) in [6.07, 6.45) is 7.72. The summed E-state index contributed by atoms with van der Waals surface area (Å²) >= 11 is 0. The van der Waals surface area contributed by atoms with Crippen LogP contribution in [0.15, 0.2) is 122 Å². The zero-order valence-electron chi connectivity index (χ0n) is 20.1. The van der Waals surface area contributed by atoms with Gasteiger partial charge in [-0.05, 0) is 34.4 Å². The first-order valence-corrected chi connectivity index (χ1v) is 11.3. The lowest BCUT2D eigenvalue weighted by Crippen LogP contribution is -2.12. The normalized spacial score (nSPS) is 10.1. The van der Waals surface area contributed by atoms with Crippen LogP contribution >= 0.6 is 0 Å². The van der Waals surface area contributed by atoms with Gasteiger partial charge in [0.05, 0.1) is 0 Å². The lowest BCUT2D eigenvalue weighted by atomic mass is 10.1. The molecule has 0 fully saturated rings. The second kappa shape index (κ2) is 15.0. The molecule has 0 spiro atoms. The molecule has 0 atom stereocenters. The second-order valence-corrected chi connectivity index (χ2v) is 7.39. The zero-order valence-corrected chi connectivity index (χ0v) is 20.1. The van der Waals surface area contributed by atoms with Gasteiger partial charge < -0.3 is 11.5 Å². The van der Waals surface area contributed by atoms with Gasteiger partial charge in [0.1, 0.15) is 0 Å². The van der Waals surface area contributed by atoms with E-state index in [1.807, 2.05) is 109 Å². The third-order valence-corrected chi connectivity index (χ3v) is 4.96. The molecule has 2 amide bonds. The summed E-state index contributed by atoms with van der Waals surface area (Å²) in [5.74, 6) is -0.809. The number of nitrogens with two attached hydrogens (primary N) is 2. The molecule has 36 heavy (non-hydrogen) atoms. The van der Waals surface area contributed by atoms with Crippen molar-refractivity contribution in [1.82, 2.24) is 0 Å². The van der Waals surface area contributed by atoms with E-state index in [0.29, 0.717) is 11.1 Å². The van der Waals surface area contributed by atoms with Crippen molar-refractivity contribution in [2.75, 3.05) is 0 Å². The van der Waals surface area contributed by atoms with Crippen LogP contribution in [0.3, 0.4) is 0 Å². The van der Waals surface area contributed by atoms with Gasteiger partial charge >= 0.3 is 0 Å². The Hall–Kier alpha value is -4.96. The molecule has 0 aliphatic rings. The number of primary amides is 2. The Morgan fingerprint density at radius 2 is 0.778 bits per heavy atom. The minimum Gasteiger partial charge on any atom is -0.366 e. The van der Waals surface area contributed by atoms with E-state index in [1.165, 1.54) is 0 Å². The van der Waals surface area contributed by atoms with Crippen molar-refractivity contribution in [2.45, 2.75) is 0 Å². The fourth-order valence-electron chi connectivity index (χ4n) is 3.23. The molecule has 0 aromatic heterocycles. The lowest BCUT2D eigenvalue weighted by molar-refractivity contribution is 0.0991. The SMILES string of the molecule is C=C.NC(=O)c1ccccc1C=Cc1ccccc1.NC(=O)c1ccccc1C=Cc1ccccc1. The van der Waals surface area contributed by atoms with Crippen LogP contribution in [0.25, 0.3) is 24.3 Å². The molecule has 0 saturated heterocycles. The Morgan fingerprint density at radius 3 is 1.11 bits per heavy atom. The summed E-state index contributed by atoms with van der Waals surface area (Å²) in [4.78, 5) is 22.4. The molecule has 4 aromatic carbocycles. The van der Waals surface area contributed by atoms with Crippen molar-refractivity contribution < 1.29 is 9.59 Å². The van der Waals surface area contributed by atoms with Crippen molar-refractivity contribution in [2.24, 2.45) is 11.5 Å². The molecule has 0 radical (unpaired) electrons. The van der Waals surface area contributed by atoms with E-state index in [1.54, 1.807) is 24.3 Å². The summed E-state index contributed by atoms with van der Waals surface area (Å²) in [6.45, 7) is 6.00. The predicted molar refractivity (Wildman–Crippen MR) is 152 cm³/mol. The number of benzene rings is 4. The number of amides is 2. The maximum Gasteiger partial charge on any atom is 0.249 e. The van der Waals surface area contributed by atoms with E-state index in [-0.39, 0.29) is 0 Å². The molecule has 4 aromatic rings. The quantitative estimate of drug-likeness (QED) is 0.240. The summed E-state index contributed by atoms with van der Waals surface area (Å²) in [6, 6.07) is 34.4. The Balaban J connectivity index is 0.000000237. The highest BCUT2D eigenvalue weighted by Gasteiger charge is 2.04.